The third kappa shape index (κ3) is 3.96. The van der Waals surface area contributed by atoms with Crippen molar-refractivity contribution >= 4 is 0 Å². The van der Waals surface area contributed by atoms with Crippen molar-refractivity contribution in [3.05, 3.63) is 0 Å². The minimum atomic E-state index is -0.0823. The molecule has 0 aromatic rings. The van der Waals surface area contributed by atoms with Gasteiger partial charge in [-0.05, 0) is 56.4 Å². The Hall–Kier alpha value is -0.120. The normalized spacial score (nSPS) is 40.2. The van der Waals surface area contributed by atoms with Crippen molar-refractivity contribution in [1.82, 2.24) is 10.2 Å². The number of nitrogens with one attached hydrogen (secondary N) is 1. The van der Waals surface area contributed by atoms with Gasteiger partial charge in [-0.1, -0.05) is 20.8 Å². The Morgan fingerprint density at radius 2 is 2.00 bits per heavy atom. The number of aliphatic hydroxyl groups is 1. The number of hydrogen-bond donors (Lipinski definition) is 2. The van der Waals surface area contributed by atoms with Gasteiger partial charge in [0.15, 0.2) is 0 Å². The number of aliphatic hydroxyl groups excluding tert-OH is 1. The fourth-order valence-corrected chi connectivity index (χ4v) is 4.20. The lowest BCUT2D eigenvalue weighted by molar-refractivity contribution is 0.0199. The van der Waals surface area contributed by atoms with Gasteiger partial charge in [-0.15, -0.1) is 0 Å². The number of nitrogens with zero attached hydrogens (tertiary/aromatic N) is 1. The third-order valence-electron chi connectivity index (χ3n) is 5.77. The molecule has 2 rings (SSSR count). The lowest BCUT2D eigenvalue weighted by atomic mass is 9.73. The van der Waals surface area contributed by atoms with Gasteiger partial charge in [-0.25, -0.2) is 0 Å². The SMILES string of the molecule is CNC1CCC(C(C)C)CC1CN1CCC(O)C(C)C1. The molecule has 2 fully saturated rings. The highest BCUT2D eigenvalue weighted by molar-refractivity contribution is 4.88. The predicted octanol–water partition coefficient (Wildman–Crippen LogP) is 2.35. The fourth-order valence-electron chi connectivity index (χ4n) is 4.20. The van der Waals surface area contributed by atoms with E-state index in [-0.39, 0.29) is 6.10 Å². The van der Waals surface area contributed by atoms with Gasteiger partial charge in [0.25, 0.3) is 0 Å². The summed E-state index contributed by atoms with van der Waals surface area (Å²) in [5.41, 5.74) is 0. The second kappa shape index (κ2) is 7.24. The van der Waals surface area contributed by atoms with Crippen LogP contribution in [0.1, 0.15) is 46.5 Å². The summed E-state index contributed by atoms with van der Waals surface area (Å²) in [7, 11) is 2.12. The van der Waals surface area contributed by atoms with Crippen LogP contribution in [0.25, 0.3) is 0 Å². The standard InChI is InChI=1S/C17H34N2O/c1-12(2)14-5-6-16(18-4)15(9-14)11-19-8-7-17(20)13(3)10-19/h12-18,20H,5-11H2,1-4H3. The first-order chi connectivity index (χ1) is 9.51. The summed E-state index contributed by atoms with van der Waals surface area (Å²) in [5.74, 6) is 2.93. The van der Waals surface area contributed by atoms with Crippen molar-refractivity contribution in [3.63, 3.8) is 0 Å². The maximum absolute atomic E-state index is 9.88. The largest absolute Gasteiger partial charge is 0.393 e. The number of hydrogen-bond acceptors (Lipinski definition) is 3. The number of piperidine rings is 1. The van der Waals surface area contributed by atoms with Gasteiger partial charge < -0.3 is 15.3 Å². The molecule has 0 aromatic carbocycles. The lowest BCUT2D eigenvalue weighted by Crippen LogP contribution is -2.49. The average Bonchev–Trinajstić information content (AvgIpc) is 2.42. The number of rotatable bonds is 4. The van der Waals surface area contributed by atoms with E-state index >= 15 is 0 Å². The summed E-state index contributed by atoms with van der Waals surface area (Å²) in [4.78, 5) is 2.59. The molecule has 2 N–H and O–H groups in total. The minimum absolute atomic E-state index is 0.0823. The smallest absolute Gasteiger partial charge is 0.0590 e. The fraction of sp³-hybridized carbons (Fsp3) is 1.00. The van der Waals surface area contributed by atoms with Gasteiger partial charge in [0.1, 0.15) is 0 Å². The molecular weight excluding hydrogens is 248 g/mol. The van der Waals surface area contributed by atoms with Gasteiger partial charge >= 0.3 is 0 Å². The van der Waals surface area contributed by atoms with E-state index in [9.17, 15) is 5.11 Å². The van der Waals surface area contributed by atoms with Crippen molar-refractivity contribution in [1.29, 1.82) is 0 Å². The predicted molar refractivity (Wildman–Crippen MR) is 84.7 cm³/mol. The Kier molecular flexibility index (Phi) is 5.88. The molecular formula is C17H34N2O. The maximum Gasteiger partial charge on any atom is 0.0590 e. The highest BCUT2D eigenvalue weighted by Gasteiger charge is 2.33. The maximum atomic E-state index is 9.88. The van der Waals surface area contributed by atoms with Crippen LogP contribution in [-0.2, 0) is 0 Å². The van der Waals surface area contributed by atoms with E-state index in [1.165, 1.54) is 25.8 Å². The lowest BCUT2D eigenvalue weighted by Gasteiger charge is -2.42. The number of likely N-dealkylation sites (tertiary alicyclic amines) is 1. The van der Waals surface area contributed by atoms with Crippen molar-refractivity contribution in [3.8, 4) is 0 Å². The molecule has 1 saturated heterocycles. The first kappa shape index (κ1) is 16.3. The van der Waals surface area contributed by atoms with Crippen LogP contribution in [0.15, 0.2) is 0 Å². The summed E-state index contributed by atoms with van der Waals surface area (Å²) in [6.45, 7) is 10.3. The monoisotopic (exact) mass is 282 g/mol. The Balaban J connectivity index is 1.91. The molecule has 118 valence electrons. The highest BCUT2D eigenvalue weighted by atomic mass is 16.3. The van der Waals surface area contributed by atoms with Gasteiger partial charge in [0.2, 0.25) is 0 Å². The van der Waals surface area contributed by atoms with Gasteiger partial charge in [0.05, 0.1) is 6.10 Å². The van der Waals surface area contributed by atoms with E-state index in [1.54, 1.807) is 0 Å². The van der Waals surface area contributed by atoms with Crippen LogP contribution in [0.2, 0.25) is 0 Å². The Labute approximate surface area is 125 Å². The van der Waals surface area contributed by atoms with E-state index in [0.29, 0.717) is 12.0 Å². The highest BCUT2D eigenvalue weighted by Crippen LogP contribution is 2.34. The van der Waals surface area contributed by atoms with E-state index in [0.717, 1.165) is 37.3 Å². The van der Waals surface area contributed by atoms with Crippen LogP contribution >= 0.6 is 0 Å². The first-order valence-corrected chi connectivity index (χ1v) is 8.59. The van der Waals surface area contributed by atoms with E-state index < -0.39 is 0 Å². The summed E-state index contributed by atoms with van der Waals surface area (Å²) in [6.07, 6.45) is 4.95. The topological polar surface area (TPSA) is 35.5 Å². The molecule has 5 atom stereocenters. The Morgan fingerprint density at radius 1 is 1.25 bits per heavy atom. The summed E-state index contributed by atoms with van der Waals surface area (Å²) in [6, 6.07) is 0.687. The quantitative estimate of drug-likeness (QED) is 0.831. The molecule has 3 nitrogen and oxygen atoms in total. The second-order valence-electron chi connectivity index (χ2n) is 7.57. The Morgan fingerprint density at radius 3 is 2.60 bits per heavy atom. The molecule has 0 radical (unpaired) electrons. The van der Waals surface area contributed by atoms with E-state index in [4.69, 9.17) is 0 Å². The van der Waals surface area contributed by atoms with Crippen LogP contribution in [0.4, 0.5) is 0 Å². The third-order valence-corrected chi connectivity index (χ3v) is 5.77. The molecule has 5 unspecified atom stereocenters. The minimum Gasteiger partial charge on any atom is -0.393 e. The molecule has 0 amide bonds. The molecule has 1 heterocycles. The second-order valence-corrected chi connectivity index (χ2v) is 7.57. The van der Waals surface area contributed by atoms with E-state index in [2.05, 4.69) is 38.0 Å². The zero-order chi connectivity index (χ0) is 14.7. The van der Waals surface area contributed by atoms with Crippen LogP contribution in [-0.4, -0.2) is 48.8 Å². The zero-order valence-electron chi connectivity index (χ0n) is 13.8. The van der Waals surface area contributed by atoms with Crippen molar-refractivity contribution in [2.24, 2.45) is 23.7 Å². The molecule has 0 bridgehead atoms. The van der Waals surface area contributed by atoms with Crippen LogP contribution in [0, 0.1) is 23.7 Å². The molecule has 1 saturated carbocycles. The molecule has 1 aliphatic heterocycles. The average molecular weight is 282 g/mol. The van der Waals surface area contributed by atoms with Crippen LogP contribution in [0.5, 0.6) is 0 Å². The van der Waals surface area contributed by atoms with Crippen LogP contribution in [0.3, 0.4) is 0 Å². The first-order valence-electron chi connectivity index (χ1n) is 8.59. The van der Waals surface area contributed by atoms with Gasteiger partial charge in [0, 0.05) is 25.7 Å². The molecule has 0 aromatic heterocycles. The van der Waals surface area contributed by atoms with Gasteiger partial charge in [-0.3, -0.25) is 0 Å². The summed E-state index contributed by atoms with van der Waals surface area (Å²) >= 11 is 0. The summed E-state index contributed by atoms with van der Waals surface area (Å²) < 4.78 is 0. The molecule has 20 heavy (non-hydrogen) atoms. The Bertz CT molecular complexity index is 295. The molecule has 0 spiro atoms. The van der Waals surface area contributed by atoms with Gasteiger partial charge in [-0.2, -0.15) is 0 Å². The van der Waals surface area contributed by atoms with E-state index in [1.807, 2.05) is 0 Å². The summed E-state index contributed by atoms with van der Waals surface area (Å²) in [5, 5.41) is 13.4. The van der Waals surface area contributed by atoms with Crippen molar-refractivity contribution < 1.29 is 5.11 Å². The van der Waals surface area contributed by atoms with Crippen molar-refractivity contribution in [2.75, 3.05) is 26.7 Å². The zero-order valence-corrected chi connectivity index (χ0v) is 13.8. The molecule has 3 heteroatoms. The van der Waals surface area contributed by atoms with Crippen LogP contribution < -0.4 is 5.32 Å². The molecule has 2 aliphatic rings. The molecule has 1 aliphatic carbocycles. The van der Waals surface area contributed by atoms with Crippen molar-refractivity contribution in [2.45, 2.75) is 58.6 Å².